The van der Waals surface area contributed by atoms with Gasteiger partial charge in [-0.25, -0.2) is 8.78 Å². The van der Waals surface area contributed by atoms with E-state index in [1.807, 2.05) is 0 Å². The lowest BCUT2D eigenvalue weighted by Crippen LogP contribution is -2.41. The van der Waals surface area contributed by atoms with Crippen molar-refractivity contribution in [3.8, 4) is 0 Å². The average Bonchev–Trinajstić information content (AvgIpc) is 2.23. The van der Waals surface area contributed by atoms with E-state index in [2.05, 4.69) is 0 Å². The predicted octanol–water partition coefficient (Wildman–Crippen LogP) is 3.11. The van der Waals surface area contributed by atoms with E-state index >= 15 is 0 Å². The molecule has 0 aromatic heterocycles. The Kier molecular flexibility index (Phi) is 3.24. The first-order valence-corrected chi connectivity index (χ1v) is 5.60. The van der Waals surface area contributed by atoms with Crippen molar-refractivity contribution in [2.45, 2.75) is 31.3 Å². The molecular formula is C13H14F2O2. The highest BCUT2D eigenvalue weighted by Gasteiger charge is 2.39. The molecule has 0 atom stereocenters. The summed E-state index contributed by atoms with van der Waals surface area (Å²) < 4.78 is 31.4. The van der Waals surface area contributed by atoms with Gasteiger partial charge in [0.05, 0.1) is 11.2 Å². The number of hydrogen-bond donors (Lipinski definition) is 0. The maximum absolute atomic E-state index is 13.4. The molecule has 0 N–H and O–H groups in total. The second-order valence-corrected chi connectivity index (χ2v) is 4.46. The number of carbonyl (C=O) groups excluding carboxylic acids is 1. The molecule has 0 saturated heterocycles. The van der Waals surface area contributed by atoms with Gasteiger partial charge in [0.2, 0.25) is 0 Å². The van der Waals surface area contributed by atoms with Crippen LogP contribution in [0.25, 0.3) is 0 Å². The second-order valence-electron chi connectivity index (χ2n) is 4.46. The number of benzene rings is 1. The molecular weight excluding hydrogens is 226 g/mol. The fraction of sp³-hybridized carbons (Fsp3) is 0.462. The lowest BCUT2D eigenvalue weighted by molar-refractivity contribution is -0.0705. The number of halogens is 2. The standard InChI is InChI=1S/C13H14F2O2/c1-17-13(5-2-6-13)8-12(16)10-4-3-9(14)7-11(10)15/h3-4,7H,2,5-6,8H2,1H3. The molecule has 1 aromatic rings. The maximum Gasteiger partial charge on any atom is 0.168 e. The Bertz CT molecular complexity index is 434. The summed E-state index contributed by atoms with van der Waals surface area (Å²) in [5.41, 5.74) is -0.493. The van der Waals surface area contributed by atoms with Crippen LogP contribution in [0.3, 0.4) is 0 Å². The van der Waals surface area contributed by atoms with Crippen molar-refractivity contribution in [1.82, 2.24) is 0 Å². The number of ketones is 1. The van der Waals surface area contributed by atoms with Crippen molar-refractivity contribution in [3.63, 3.8) is 0 Å². The molecule has 17 heavy (non-hydrogen) atoms. The summed E-state index contributed by atoms with van der Waals surface area (Å²) in [5.74, 6) is -1.81. The van der Waals surface area contributed by atoms with Crippen LogP contribution in [0.5, 0.6) is 0 Å². The highest BCUT2D eigenvalue weighted by Crippen LogP contribution is 2.38. The molecule has 1 aromatic carbocycles. The molecule has 1 saturated carbocycles. The minimum Gasteiger partial charge on any atom is -0.378 e. The van der Waals surface area contributed by atoms with Crippen molar-refractivity contribution in [2.75, 3.05) is 7.11 Å². The summed E-state index contributed by atoms with van der Waals surface area (Å²) in [5, 5.41) is 0. The molecule has 1 aliphatic carbocycles. The fourth-order valence-corrected chi connectivity index (χ4v) is 2.13. The van der Waals surface area contributed by atoms with Gasteiger partial charge in [-0.1, -0.05) is 0 Å². The van der Waals surface area contributed by atoms with Crippen LogP contribution >= 0.6 is 0 Å². The second kappa shape index (κ2) is 4.53. The zero-order valence-corrected chi connectivity index (χ0v) is 9.63. The Morgan fingerprint density at radius 1 is 1.41 bits per heavy atom. The third kappa shape index (κ3) is 2.36. The van der Waals surface area contributed by atoms with Crippen molar-refractivity contribution in [1.29, 1.82) is 0 Å². The molecule has 0 bridgehead atoms. The van der Waals surface area contributed by atoms with E-state index in [0.29, 0.717) is 0 Å². The van der Waals surface area contributed by atoms with E-state index in [1.54, 1.807) is 7.11 Å². The van der Waals surface area contributed by atoms with Crippen molar-refractivity contribution >= 4 is 5.78 Å². The molecule has 0 aliphatic heterocycles. The van der Waals surface area contributed by atoms with Crippen LogP contribution in [0.1, 0.15) is 36.0 Å². The van der Waals surface area contributed by atoms with E-state index in [1.165, 1.54) is 6.07 Å². The molecule has 2 rings (SSSR count). The van der Waals surface area contributed by atoms with E-state index in [0.717, 1.165) is 31.4 Å². The molecule has 0 heterocycles. The summed E-state index contributed by atoms with van der Waals surface area (Å²) in [6.45, 7) is 0. The topological polar surface area (TPSA) is 26.3 Å². The van der Waals surface area contributed by atoms with E-state index in [-0.39, 0.29) is 17.8 Å². The van der Waals surface area contributed by atoms with Crippen molar-refractivity contribution in [3.05, 3.63) is 35.4 Å². The molecule has 0 amide bonds. The Balaban J connectivity index is 2.14. The van der Waals surface area contributed by atoms with Gasteiger partial charge in [0.15, 0.2) is 5.78 Å². The Labute approximate surface area is 98.6 Å². The predicted molar refractivity (Wildman–Crippen MR) is 58.9 cm³/mol. The Hall–Kier alpha value is -1.29. The zero-order valence-electron chi connectivity index (χ0n) is 9.63. The molecule has 0 unspecified atom stereocenters. The monoisotopic (exact) mass is 240 g/mol. The number of methoxy groups -OCH3 is 1. The lowest BCUT2D eigenvalue weighted by atomic mass is 9.76. The van der Waals surface area contributed by atoms with E-state index in [4.69, 9.17) is 4.74 Å². The summed E-state index contributed by atoms with van der Waals surface area (Å²) in [4.78, 5) is 11.9. The minimum absolute atomic E-state index is 0.0604. The largest absolute Gasteiger partial charge is 0.378 e. The molecule has 0 radical (unpaired) electrons. The lowest BCUT2D eigenvalue weighted by Gasteiger charge is -2.40. The highest BCUT2D eigenvalue weighted by atomic mass is 19.1. The van der Waals surface area contributed by atoms with Crippen molar-refractivity contribution < 1.29 is 18.3 Å². The third-order valence-corrected chi connectivity index (χ3v) is 3.41. The van der Waals surface area contributed by atoms with Gasteiger partial charge in [-0.15, -0.1) is 0 Å². The minimum atomic E-state index is -0.805. The van der Waals surface area contributed by atoms with Gasteiger partial charge in [-0.3, -0.25) is 4.79 Å². The average molecular weight is 240 g/mol. The first-order valence-electron chi connectivity index (χ1n) is 5.60. The highest BCUT2D eigenvalue weighted by molar-refractivity contribution is 5.97. The number of carbonyl (C=O) groups is 1. The summed E-state index contributed by atoms with van der Waals surface area (Å²) in [6, 6.07) is 3.01. The number of rotatable bonds is 4. The van der Waals surface area contributed by atoms with Crippen LogP contribution in [0, 0.1) is 11.6 Å². The number of hydrogen-bond acceptors (Lipinski definition) is 2. The van der Waals surface area contributed by atoms with Gasteiger partial charge < -0.3 is 4.74 Å². The molecule has 1 aliphatic rings. The first kappa shape index (κ1) is 12.2. The molecule has 92 valence electrons. The quantitative estimate of drug-likeness (QED) is 0.756. The number of Topliss-reactive ketones (excluding diaryl/α,β-unsaturated/α-hetero) is 1. The zero-order chi connectivity index (χ0) is 12.5. The first-order chi connectivity index (χ1) is 8.06. The SMILES string of the molecule is COC1(CC(=O)c2ccc(F)cc2F)CCC1. The van der Waals surface area contributed by atoms with Gasteiger partial charge in [0.1, 0.15) is 11.6 Å². The third-order valence-electron chi connectivity index (χ3n) is 3.41. The van der Waals surface area contributed by atoms with Gasteiger partial charge in [0, 0.05) is 19.6 Å². The smallest absolute Gasteiger partial charge is 0.168 e. The van der Waals surface area contributed by atoms with Crippen LogP contribution < -0.4 is 0 Å². The fourth-order valence-electron chi connectivity index (χ4n) is 2.13. The Morgan fingerprint density at radius 3 is 2.59 bits per heavy atom. The number of ether oxygens (including phenoxy) is 1. The van der Waals surface area contributed by atoms with E-state index < -0.39 is 17.2 Å². The van der Waals surface area contributed by atoms with Crippen LogP contribution in [-0.2, 0) is 4.74 Å². The van der Waals surface area contributed by atoms with Crippen LogP contribution in [0.15, 0.2) is 18.2 Å². The van der Waals surface area contributed by atoms with Crippen LogP contribution in [0.2, 0.25) is 0 Å². The summed E-state index contributed by atoms with van der Waals surface area (Å²) in [7, 11) is 1.56. The maximum atomic E-state index is 13.4. The van der Waals surface area contributed by atoms with E-state index in [9.17, 15) is 13.6 Å². The Morgan fingerprint density at radius 2 is 2.12 bits per heavy atom. The van der Waals surface area contributed by atoms with Gasteiger partial charge in [-0.2, -0.15) is 0 Å². The summed E-state index contributed by atoms with van der Waals surface area (Å²) >= 11 is 0. The normalized spacial score (nSPS) is 17.6. The molecule has 1 fully saturated rings. The molecule has 2 nitrogen and oxygen atoms in total. The summed E-state index contributed by atoms with van der Waals surface area (Å²) in [6.07, 6.45) is 2.81. The van der Waals surface area contributed by atoms with Gasteiger partial charge >= 0.3 is 0 Å². The van der Waals surface area contributed by atoms with Crippen LogP contribution in [-0.4, -0.2) is 18.5 Å². The van der Waals surface area contributed by atoms with Gasteiger partial charge in [-0.05, 0) is 31.4 Å². The van der Waals surface area contributed by atoms with Gasteiger partial charge in [0.25, 0.3) is 0 Å². The molecule has 0 spiro atoms. The van der Waals surface area contributed by atoms with Crippen molar-refractivity contribution in [2.24, 2.45) is 0 Å². The van der Waals surface area contributed by atoms with Crippen LogP contribution in [0.4, 0.5) is 8.78 Å². The molecule has 4 heteroatoms.